The Balaban J connectivity index is 1.54. The van der Waals surface area contributed by atoms with Crippen molar-refractivity contribution in [2.75, 3.05) is 10.6 Å². The maximum absolute atomic E-state index is 13.3. The van der Waals surface area contributed by atoms with E-state index in [-0.39, 0.29) is 11.8 Å². The molecule has 1 atom stereocenters. The number of hydrogen-bond donors (Lipinski definition) is 2. The van der Waals surface area contributed by atoms with Gasteiger partial charge in [0.2, 0.25) is 11.8 Å². The van der Waals surface area contributed by atoms with Crippen LogP contribution in [0.4, 0.5) is 10.8 Å². The van der Waals surface area contributed by atoms with E-state index in [0.29, 0.717) is 26.6 Å². The minimum absolute atomic E-state index is 0.135. The second-order valence-corrected chi connectivity index (χ2v) is 10.1. The van der Waals surface area contributed by atoms with E-state index >= 15 is 0 Å². The van der Waals surface area contributed by atoms with Gasteiger partial charge in [-0.25, -0.2) is 4.98 Å². The number of aromatic nitrogens is 1. The molecular weight excluding hydrogens is 509 g/mol. The van der Waals surface area contributed by atoms with Crippen LogP contribution in [0.25, 0.3) is 11.3 Å². The molecule has 0 radical (unpaired) electrons. The molecule has 1 aromatic heterocycles. The lowest BCUT2D eigenvalue weighted by Crippen LogP contribution is -2.19. The number of rotatable bonds is 7. The van der Waals surface area contributed by atoms with Crippen molar-refractivity contribution in [2.24, 2.45) is 0 Å². The smallest absolute Gasteiger partial charge is 0.244 e. The first-order valence-electron chi connectivity index (χ1n) is 10.2. The number of thiazole rings is 1. The highest BCUT2D eigenvalue weighted by molar-refractivity contribution is 8.00. The van der Waals surface area contributed by atoms with Gasteiger partial charge in [-0.15, -0.1) is 23.1 Å². The number of nitrogens with one attached hydrogen (secondary N) is 2. The fourth-order valence-corrected chi connectivity index (χ4v) is 5.42. The van der Waals surface area contributed by atoms with Crippen molar-refractivity contribution in [2.45, 2.75) is 17.1 Å². The predicted octanol–water partition coefficient (Wildman–Crippen LogP) is 7.55. The highest BCUT2D eigenvalue weighted by atomic mass is 35.5. The van der Waals surface area contributed by atoms with Crippen LogP contribution in [0.1, 0.15) is 17.7 Å². The van der Waals surface area contributed by atoms with Crippen molar-refractivity contribution in [3.05, 3.63) is 93.8 Å². The van der Waals surface area contributed by atoms with Gasteiger partial charge < -0.3 is 10.6 Å². The number of hydrogen-bond acceptors (Lipinski definition) is 5. The topological polar surface area (TPSA) is 71.1 Å². The average molecular weight is 528 g/mol. The van der Waals surface area contributed by atoms with Crippen LogP contribution in [0.2, 0.25) is 10.0 Å². The molecule has 0 spiro atoms. The summed E-state index contributed by atoms with van der Waals surface area (Å²) in [4.78, 5) is 30.0. The Kier molecular flexibility index (Phi) is 7.90. The molecule has 0 aliphatic carbocycles. The summed E-state index contributed by atoms with van der Waals surface area (Å²) >= 11 is 15.0. The van der Waals surface area contributed by atoms with Gasteiger partial charge in [0.1, 0.15) is 5.25 Å². The van der Waals surface area contributed by atoms with E-state index in [1.54, 1.807) is 18.2 Å². The normalized spacial score (nSPS) is 11.6. The first-order valence-corrected chi connectivity index (χ1v) is 12.7. The third kappa shape index (κ3) is 6.18. The van der Waals surface area contributed by atoms with Crippen LogP contribution < -0.4 is 10.6 Å². The second kappa shape index (κ2) is 11.1. The molecule has 1 unspecified atom stereocenters. The summed E-state index contributed by atoms with van der Waals surface area (Å²) < 4.78 is 0. The maximum Gasteiger partial charge on any atom is 0.244 e. The zero-order valence-corrected chi connectivity index (χ0v) is 21.1. The summed E-state index contributed by atoms with van der Waals surface area (Å²) in [5.74, 6) is -0.324. The molecule has 34 heavy (non-hydrogen) atoms. The molecule has 3 aromatic carbocycles. The summed E-state index contributed by atoms with van der Waals surface area (Å²) in [7, 11) is 0. The molecule has 0 aliphatic rings. The summed E-state index contributed by atoms with van der Waals surface area (Å²) in [6.07, 6.45) is 0. The molecule has 4 rings (SSSR count). The van der Waals surface area contributed by atoms with E-state index in [0.717, 1.165) is 16.0 Å². The van der Waals surface area contributed by atoms with E-state index in [4.69, 9.17) is 23.2 Å². The average Bonchev–Trinajstić information content (AvgIpc) is 3.26. The molecule has 0 aliphatic heterocycles. The molecule has 1 heterocycles. The number of amides is 2. The Morgan fingerprint density at radius 3 is 2.38 bits per heavy atom. The lowest BCUT2D eigenvalue weighted by atomic mass is 10.1. The lowest BCUT2D eigenvalue weighted by Gasteiger charge is -2.16. The van der Waals surface area contributed by atoms with Gasteiger partial charge in [0.15, 0.2) is 5.13 Å². The fraction of sp³-hybridized carbons (Fsp3) is 0.0800. The molecule has 0 saturated carbocycles. The van der Waals surface area contributed by atoms with Crippen molar-refractivity contribution in [1.82, 2.24) is 4.98 Å². The van der Waals surface area contributed by atoms with Crippen molar-refractivity contribution < 1.29 is 9.59 Å². The monoisotopic (exact) mass is 527 g/mol. The van der Waals surface area contributed by atoms with Crippen LogP contribution in [0.5, 0.6) is 0 Å². The molecule has 5 nitrogen and oxygen atoms in total. The fourth-order valence-electron chi connectivity index (χ4n) is 3.18. The van der Waals surface area contributed by atoms with Gasteiger partial charge in [0.25, 0.3) is 0 Å². The molecule has 9 heteroatoms. The molecule has 0 saturated heterocycles. The summed E-state index contributed by atoms with van der Waals surface area (Å²) in [5, 5.41) is 8.55. The number of benzene rings is 3. The molecule has 2 amide bonds. The minimum atomic E-state index is -0.501. The van der Waals surface area contributed by atoms with Crippen LogP contribution in [0, 0.1) is 0 Å². The van der Waals surface area contributed by atoms with Gasteiger partial charge in [-0.05, 0) is 48.0 Å². The quantitative estimate of drug-likeness (QED) is 0.243. The van der Waals surface area contributed by atoms with Crippen molar-refractivity contribution in [1.29, 1.82) is 0 Å². The molecular formula is C25H19Cl2N3O2S2. The van der Waals surface area contributed by atoms with Gasteiger partial charge in [0.05, 0.1) is 10.7 Å². The van der Waals surface area contributed by atoms with Crippen LogP contribution >= 0.6 is 46.3 Å². The Morgan fingerprint density at radius 2 is 1.71 bits per heavy atom. The first-order chi connectivity index (χ1) is 16.4. The number of thioether (sulfide) groups is 1. The highest BCUT2D eigenvalue weighted by Gasteiger charge is 2.23. The van der Waals surface area contributed by atoms with Crippen LogP contribution in [-0.2, 0) is 9.59 Å². The third-order valence-electron chi connectivity index (χ3n) is 4.71. The second-order valence-electron chi connectivity index (χ2n) is 7.27. The van der Waals surface area contributed by atoms with Gasteiger partial charge in [0, 0.05) is 33.5 Å². The minimum Gasteiger partial charge on any atom is -0.326 e. The van der Waals surface area contributed by atoms with Gasteiger partial charge in [-0.1, -0.05) is 53.5 Å². The van der Waals surface area contributed by atoms with Crippen molar-refractivity contribution in [3.63, 3.8) is 0 Å². The largest absolute Gasteiger partial charge is 0.326 e. The number of anilines is 2. The maximum atomic E-state index is 13.3. The Bertz CT molecular complexity index is 1310. The lowest BCUT2D eigenvalue weighted by molar-refractivity contribution is -0.116. The van der Waals surface area contributed by atoms with Crippen LogP contribution in [0.3, 0.4) is 0 Å². The zero-order chi connectivity index (χ0) is 24.1. The van der Waals surface area contributed by atoms with E-state index in [9.17, 15) is 9.59 Å². The van der Waals surface area contributed by atoms with E-state index < -0.39 is 5.25 Å². The van der Waals surface area contributed by atoms with Gasteiger partial charge >= 0.3 is 0 Å². The number of nitrogens with zero attached hydrogens (tertiary/aromatic N) is 1. The van der Waals surface area contributed by atoms with E-state index in [2.05, 4.69) is 15.6 Å². The molecule has 172 valence electrons. The Labute approximate surface area is 215 Å². The molecule has 0 fully saturated rings. The van der Waals surface area contributed by atoms with Gasteiger partial charge in [-0.2, -0.15) is 0 Å². The van der Waals surface area contributed by atoms with Crippen molar-refractivity contribution in [3.8, 4) is 11.3 Å². The molecule has 0 bridgehead atoms. The van der Waals surface area contributed by atoms with Gasteiger partial charge in [-0.3, -0.25) is 9.59 Å². The molecule has 4 aromatic rings. The van der Waals surface area contributed by atoms with Crippen LogP contribution in [0.15, 0.2) is 83.1 Å². The Hall–Kier alpha value is -2.84. The number of carbonyl (C=O) groups is 2. The number of carbonyl (C=O) groups excluding carboxylic acids is 2. The van der Waals surface area contributed by atoms with E-state index in [1.807, 2.05) is 60.0 Å². The summed E-state index contributed by atoms with van der Waals surface area (Å²) in [5.41, 5.74) is 2.98. The van der Waals surface area contributed by atoms with Crippen molar-refractivity contribution >= 4 is 68.9 Å². The third-order valence-corrected chi connectivity index (χ3v) is 7.28. The number of halogens is 2. The van der Waals surface area contributed by atoms with E-state index in [1.165, 1.54) is 30.0 Å². The standard InChI is InChI=1S/C25H19Cl2N3O2S2/c1-15(31)28-18-8-10-19(11-9-18)34-23(16-5-3-2-4-6-16)24(32)30-25-29-22(14-33-25)20-12-7-17(26)13-21(20)27/h2-14,23H,1H3,(H,28,31)(H,29,30,32). The summed E-state index contributed by atoms with van der Waals surface area (Å²) in [6, 6.07) is 22.2. The van der Waals surface area contributed by atoms with Crippen LogP contribution in [-0.4, -0.2) is 16.8 Å². The SMILES string of the molecule is CC(=O)Nc1ccc(SC(C(=O)Nc2nc(-c3ccc(Cl)cc3Cl)cs2)c2ccccc2)cc1. The first kappa shape index (κ1) is 24.3. The molecule has 2 N–H and O–H groups in total. The Morgan fingerprint density at radius 1 is 0.971 bits per heavy atom. The summed E-state index contributed by atoms with van der Waals surface area (Å²) in [6.45, 7) is 1.46. The zero-order valence-electron chi connectivity index (χ0n) is 17.9. The predicted molar refractivity (Wildman–Crippen MR) is 142 cm³/mol. The highest BCUT2D eigenvalue weighted by Crippen LogP contribution is 2.38.